The molecule has 2 aromatic carbocycles. The fraction of sp³-hybridized carbons (Fsp3) is 0.100. The Labute approximate surface area is 177 Å². The number of rotatable bonds is 7. The third-order valence-corrected chi connectivity index (χ3v) is 5.84. The molecular weight excluding hydrogens is 458 g/mol. The zero-order chi connectivity index (χ0) is 20.9. The summed E-state index contributed by atoms with van der Waals surface area (Å²) < 4.78 is 33.2. The largest absolute Gasteiger partial charge is 0.455 e. The number of benzene rings is 2. The van der Waals surface area contributed by atoms with Crippen LogP contribution in [-0.2, 0) is 14.8 Å². The molecule has 0 aliphatic heterocycles. The molecule has 1 heterocycles. The number of nitrogens with one attached hydrogen (secondary N) is 2. The molecule has 0 aliphatic carbocycles. The first kappa shape index (κ1) is 21.0. The Hall–Kier alpha value is -2.75. The van der Waals surface area contributed by atoms with Crippen molar-refractivity contribution < 1.29 is 17.6 Å². The number of amides is 1. The molecule has 2 N–H and O–H groups in total. The maximum Gasteiger partial charge on any atom is 0.255 e. The van der Waals surface area contributed by atoms with Crippen molar-refractivity contribution in [2.45, 2.75) is 11.8 Å². The molecule has 150 valence electrons. The molecule has 0 radical (unpaired) electrons. The van der Waals surface area contributed by atoms with Crippen molar-refractivity contribution in [3.63, 3.8) is 0 Å². The zero-order valence-corrected chi connectivity index (χ0v) is 17.8. The number of carbonyl (C=O) groups excluding carboxylic acids is 1. The highest BCUT2D eigenvalue weighted by Crippen LogP contribution is 2.23. The average molecular weight is 476 g/mol. The second-order valence-electron chi connectivity index (χ2n) is 6.14. The van der Waals surface area contributed by atoms with E-state index in [9.17, 15) is 13.2 Å². The van der Waals surface area contributed by atoms with Crippen LogP contribution in [0.4, 0.5) is 0 Å². The van der Waals surface area contributed by atoms with Gasteiger partial charge in [0, 0.05) is 10.0 Å². The number of aryl methyl sites for hydroxylation is 1. The van der Waals surface area contributed by atoms with Gasteiger partial charge in [-0.3, -0.25) is 4.79 Å². The summed E-state index contributed by atoms with van der Waals surface area (Å²) in [5.41, 5.74) is 4.11. The number of halogens is 1. The van der Waals surface area contributed by atoms with Gasteiger partial charge < -0.3 is 4.42 Å². The van der Waals surface area contributed by atoms with Gasteiger partial charge in [-0.25, -0.2) is 18.6 Å². The van der Waals surface area contributed by atoms with Crippen molar-refractivity contribution in [2.75, 3.05) is 6.54 Å². The first-order valence-electron chi connectivity index (χ1n) is 8.57. The highest BCUT2D eigenvalue weighted by atomic mass is 79.9. The number of hydrogen-bond donors (Lipinski definition) is 2. The Morgan fingerprint density at radius 3 is 2.45 bits per heavy atom. The molecule has 0 fully saturated rings. The van der Waals surface area contributed by atoms with Crippen LogP contribution in [0, 0.1) is 6.92 Å². The molecule has 0 unspecified atom stereocenters. The summed E-state index contributed by atoms with van der Waals surface area (Å²) in [4.78, 5) is 11.9. The lowest BCUT2D eigenvalue weighted by Crippen LogP contribution is -2.34. The maximum absolute atomic E-state index is 12.2. The lowest BCUT2D eigenvalue weighted by atomic mass is 10.2. The molecule has 0 spiro atoms. The molecule has 0 saturated heterocycles. The number of sulfonamides is 1. The molecule has 29 heavy (non-hydrogen) atoms. The van der Waals surface area contributed by atoms with E-state index >= 15 is 0 Å². The standard InChI is InChI=1S/C20H18BrN3O4S/c1-14-2-9-18(10-3-14)29(26,27)23-13-20(25)24-22-12-17-8-11-19(28-17)15-4-6-16(21)7-5-15/h2-12,23H,13H2,1H3,(H,24,25). The lowest BCUT2D eigenvalue weighted by molar-refractivity contribution is -0.119. The summed E-state index contributed by atoms with van der Waals surface area (Å²) in [6.07, 6.45) is 1.34. The zero-order valence-electron chi connectivity index (χ0n) is 15.4. The molecule has 0 atom stereocenters. The van der Waals surface area contributed by atoms with E-state index in [0.29, 0.717) is 11.5 Å². The van der Waals surface area contributed by atoms with Crippen LogP contribution in [-0.4, -0.2) is 27.1 Å². The van der Waals surface area contributed by atoms with E-state index in [2.05, 4.69) is 31.2 Å². The number of carbonyl (C=O) groups is 1. The van der Waals surface area contributed by atoms with Crippen molar-refractivity contribution in [3.8, 4) is 11.3 Å². The van der Waals surface area contributed by atoms with Crippen molar-refractivity contribution in [1.29, 1.82) is 0 Å². The van der Waals surface area contributed by atoms with Crippen LogP contribution in [0.2, 0.25) is 0 Å². The van der Waals surface area contributed by atoms with Crippen LogP contribution in [0.3, 0.4) is 0 Å². The number of nitrogens with zero attached hydrogens (tertiary/aromatic N) is 1. The van der Waals surface area contributed by atoms with Crippen LogP contribution >= 0.6 is 15.9 Å². The monoisotopic (exact) mass is 475 g/mol. The minimum atomic E-state index is -3.76. The predicted molar refractivity (Wildman–Crippen MR) is 114 cm³/mol. The molecule has 1 aromatic heterocycles. The number of hydrazone groups is 1. The fourth-order valence-electron chi connectivity index (χ4n) is 2.36. The van der Waals surface area contributed by atoms with Crippen molar-refractivity contribution in [3.05, 3.63) is 76.5 Å². The molecule has 9 heteroatoms. The van der Waals surface area contributed by atoms with Gasteiger partial charge in [0.05, 0.1) is 17.7 Å². The molecule has 0 bridgehead atoms. The highest BCUT2D eigenvalue weighted by Gasteiger charge is 2.14. The van der Waals surface area contributed by atoms with E-state index in [1.807, 2.05) is 31.2 Å². The molecule has 1 amide bonds. The van der Waals surface area contributed by atoms with E-state index in [0.717, 1.165) is 15.6 Å². The van der Waals surface area contributed by atoms with Crippen LogP contribution in [0.5, 0.6) is 0 Å². The predicted octanol–water partition coefficient (Wildman–Crippen LogP) is 3.45. The smallest absolute Gasteiger partial charge is 0.255 e. The third-order valence-electron chi connectivity index (χ3n) is 3.89. The summed E-state index contributed by atoms with van der Waals surface area (Å²) in [6.45, 7) is 1.42. The van der Waals surface area contributed by atoms with Gasteiger partial charge in [0.15, 0.2) is 0 Å². The van der Waals surface area contributed by atoms with Gasteiger partial charge in [0.2, 0.25) is 10.0 Å². The fourth-order valence-corrected chi connectivity index (χ4v) is 3.61. The summed E-state index contributed by atoms with van der Waals surface area (Å²) in [5.74, 6) is 0.510. The van der Waals surface area contributed by atoms with Gasteiger partial charge >= 0.3 is 0 Å². The van der Waals surface area contributed by atoms with Crippen molar-refractivity contribution >= 4 is 38.1 Å². The Morgan fingerprint density at radius 2 is 1.76 bits per heavy atom. The molecule has 7 nitrogen and oxygen atoms in total. The Morgan fingerprint density at radius 1 is 1.07 bits per heavy atom. The molecule has 0 saturated carbocycles. The van der Waals surface area contributed by atoms with Crippen LogP contribution in [0.15, 0.2) is 79.6 Å². The third kappa shape index (κ3) is 5.86. The quantitative estimate of drug-likeness (QED) is 0.403. The second-order valence-corrected chi connectivity index (χ2v) is 8.82. The van der Waals surface area contributed by atoms with Gasteiger partial charge in [0.1, 0.15) is 11.5 Å². The van der Waals surface area contributed by atoms with Gasteiger partial charge in [-0.15, -0.1) is 0 Å². The summed E-state index contributed by atoms with van der Waals surface area (Å²) in [7, 11) is -3.76. The van der Waals surface area contributed by atoms with Gasteiger partial charge in [-0.1, -0.05) is 45.8 Å². The first-order valence-corrected chi connectivity index (χ1v) is 10.9. The van der Waals surface area contributed by atoms with Gasteiger partial charge in [-0.05, 0) is 43.3 Å². The van der Waals surface area contributed by atoms with Crippen LogP contribution in [0.1, 0.15) is 11.3 Å². The van der Waals surface area contributed by atoms with Crippen LogP contribution in [0.25, 0.3) is 11.3 Å². The molecule has 3 aromatic rings. The Kier molecular flexibility index (Phi) is 6.63. The van der Waals surface area contributed by atoms with E-state index in [1.165, 1.54) is 18.3 Å². The molecule has 3 rings (SSSR count). The maximum atomic E-state index is 12.2. The van der Waals surface area contributed by atoms with Crippen molar-refractivity contribution in [2.24, 2.45) is 5.10 Å². The number of furan rings is 1. The van der Waals surface area contributed by atoms with E-state index in [1.54, 1.807) is 24.3 Å². The first-order chi connectivity index (χ1) is 13.8. The van der Waals surface area contributed by atoms with Crippen molar-refractivity contribution in [1.82, 2.24) is 10.1 Å². The Bertz CT molecular complexity index is 1120. The van der Waals surface area contributed by atoms with E-state index in [4.69, 9.17) is 4.42 Å². The Balaban J connectivity index is 1.52. The summed E-state index contributed by atoms with van der Waals surface area (Å²) >= 11 is 3.38. The van der Waals surface area contributed by atoms with Gasteiger partial charge in [0.25, 0.3) is 5.91 Å². The lowest BCUT2D eigenvalue weighted by Gasteiger charge is -2.06. The normalized spacial score (nSPS) is 11.7. The van der Waals surface area contributed by atoms with E-state index in [-0.39, 0.29) is 4.90 Å². The minimum absolute atomic E-state index is 0.0930. The summed E-state index contributed by atoms with van der Waals surface area (Å²) in [5, 5.41) is 3.79. The molecule has 0 aliphatic rings. The van der Waals surface area contributed by atoms with Crippen LogP contribution < -0.4 is 10.1 Å². The average Bonchev–Trinajstić information content (AvgIpc) is 3.16. The molecular formula is C20H18BrN3O4S. The second kappa shape index (κ2) is 9.17. The summed E-state index contributed by atoms with van der Waals surface area (Å²) in [6, 6.07) is 17.5. The SMILES string of the molecule is Cc1ccc(S(=O)(=O)NCC(=O)NN=Cc2ccc(-c3ccc(Br)cc3)o2)cc1. The highest BCUT2D eigenvalue weighted by molar-refractivity contribution is 9.10. The topological polar surface area (TPSA) is 101 Å². The number of hydrogen-bond acceptors (Lipinski definition) is 5. The minimum Gasteiger partial charge on any atom is -0.455 e. The van der Waals surface area contributed by atoms with Gasteiger partial charge in [-0.2, -0.15) is 5.10 Å². The van der Waals surface area contributed by atoms with E-state index < -0.39 is 22.5 Å².